The number of amides is 2. The fourth-order valence-electron chi connectivity index (χ4n) is 2.59. The number of halogens is 2. The molecule has 0 heterocycles. The first-order valence-corrected chi connectivity index (χ1v) is 10.2. The second-order valence-electron chi connectivity index (χ2n) is 6.48. The van der Waals surface area contributed by atoms with Crippen LogP contribution in [0.1, 0.15) is 11.1 Å². The predicted octanol–water partition coefficient (Wildman–Crippen LogP) is 4.67. The molecule has 0 unspecified atom stereocenters. The van der Waals surface area contributed by atoms with Gasteiger partial charge in [-0.25, -0.2) is 5.43 Å². The van der Waals surface area contributed by atoms with Gasteiger partial charge in [-0.1, -0.05) is 47.5 Å². The lowest BCUT2D eigenvalue weighted by atomic mass is 10.2. The number of nitrogens with one attached hydrogen (secondary N) is 2. The van der Waals surface area contributed by atoms with Gasteiger partial charge in [0.25, 0.3) is 0 Å². The third kappa shape index (κ3) is 6.73. The van der Waals surface area contributed by atoms with Gasteiger partial charge in [0.15, 0.2) is 0 Å². The Kier molecular flexibility index (Phi) is 8.08. The molecule has 0 spiro atoms. The van der Waals surface area contributed by atoms with Gasteiger partial charge in [0.1, 0.15) is 18.1 Å². The second kappa shape index (κ2) is 11.2. The molecule has 0 atom stereocenters. The number of nitrogens with zero attached hydrogens (tertiary/aromatic N) is 1. The number of methoxy groups -OCH3 is 1. The molecule has 164 valence electrons. The van der Waals surface area contributed by atoms with Gasteiger partial charge in [0.2, 0.25) is 0 Å². The number of hydrogen-bond acceptors (Lipinski definition) is 5. The van der Waals surface area contributed by atoms with Crippen LogP contribution in [-0.2, 0) is 16.2 Å². The highest BCUT2D eigenvalue weighted by Gasteiger charge is 2.13. The molecule has 0 saturated heterocycles. The van der Waals surface area contributed by atoms with Gasteiger partial charge in [0.05, 0.1) is 13.3 Å². The maximum Gasteiger partial charge on any atom is 0.329 e. The smallest absolute Gasteiger partial charge is 0.329 e. The Bertz CT molecular complexity index is 1150. The van der Waals surface area contributed by atoms with Crippen molar-refractivity contribution in [1.82, 2.24) is 5.43 Å². The van der Waals surface area contributed by atoms with Crippen LogP contribution in [-0.4, -0.2) is 25.1 Å². The van der Waals surface area contributed by atoms with Crippen molar-refractivity contribution in [2.24, 2.45) is 5.10 Å². The Morgan fingerprint density at radius 1 is 0.969 bits per heavy atom. The molecular formula is C23H19Cl2N3O4. The van der Waals surface area contributed by atoms with Crippen molar-refractivity contribution in [3.05, 3.63) is 87.9 Å². The zero-order valence-corrected chi connectivity index (χ0v) is 18.5. The number of rotatable bonds is 7. The minimum atomic E-state index is -0.908. The third-order valence-electron chi connectivity index (χ3n) is 4.18. The zero-order chi connectivity index (χ0) is 22.9. The number of anilines is 1. The molecule has 0 aromatic heterocycles. The molecule has 32 heavy (non-hydrogen) atoms. The van der Waals surface area contributed by atoms with E-state index in [0.717, 1.165) is 5.56 Å². The lowest BCUT2D eigenvalue weighted by Gasteiger charge is -2.08. The summed E-state index contributed by atoms with van der Waals surface area (Å²) in [6.07, 6.45) is 1.40. The average Bonchev–Trinajstić information content (AvgIpc) is 2.79. The van der Waals surface area contributed by atoms with Crippen LogP contribution in [0.4, 0.5) is 5.69 Å². The molecule has 9 heteroatoms. The van der Waals surface area contributed by atoms with Crippen molar-refractivity contribution < 1.29 is 19.1 Å². The molecule has 0 aliphatic carbocycles. The zero-order valence-electron chi connectivity index (χ0n) is 17.0. The Hall–Kier alpha value is -3.55. The molecule has 0 fully saturated rings. The van der Waals surface area contributed by atoms with E-state index >= 15 is 0 Å². The minimum Gasteiger partial charge on any atom is -0.497 e. The number of carbonyl (C=O) groups excluding carboxylic acids is 2. The number of benzene rings is 3. The van der Waals surface area contributed by atoms with Gasteiger partial charge < -0.3 is 14.8 Å². The largest absolute Gasteiger partial charge is 0.497 e. The van der Waals surface area contributed by atoms with E-state index < -0.39 is 11.8 Å². The van der Waals surface area contributed by atoms with Crippen molar-refractivity contribution in [2.75, 3.05) is 12.4 Å². The highest BCUT2D eigenvalue weighted by atomic mass is 35.5. The van der Waals surface area contributed by atoms with Gasteiger partial charge in [-0.3, -0.25) is 9.59 Å². The van der Waals surface area contributed by atoms with Crippen LogP contribution in [0, 0.1) is 0 Å². The van der Waals surface area contributed by atoms with Gasteiger partial charge in [-0.2, -0.15) is 5.10 Å². The lowest BCUT2D eigenvalue weighted by Crippen LogP contribution is -2.32. The van der Waals surface area contributed by atoms with E-state index in [9.17, 15) is 9.59 Å². The van der Waals surface area contributed by atoms with E-state index in [1.165, 1.54) is 13.3 Å². The summed E-state index contributed by atoms with van der Waals surface area (Å²) in [5.74, 6) is -0.620. The van der Waals surface area contributed by atoms with Crippen molar-refractivity contribution in [3.8, 4) is 11.5 Å². The Morgan fingerprint density at radius 2 is 1.75 bits per heavy atom. The van der Waals surface area contributed by atoms with Crippen LogP contribution < -0.4 is 20.2 Å². The highest BCUT2D eigenvalue weighted by Crippen LogP contribution is 2.23. The molecular weight excluding hydrogens is 453 g/mol. The maximum atomic E-state index is 12.0. The fourth-order valence-corrected chi connectivity index (χ4v) is 3.05. The van der Waals surface area contributed by atoms with Crippen molar-refractivity contribution in [3.63, 3.8) is 0 Å². The van der Waals surface area contributed by atoms with Crippen LogP contribution >= 0.6 is 23.2 Å². The molecule has 2 N–H and O–H groups in total. The summed E-state index contributed by atoms with van der Waals surface area (Å²) in [5, 5.41) is 7.36. The molecule has 3 rings (SSSR count). The highest BCUT2D eigenvalue weighted by molar-refractivity contribution is 6.39. The summed E-state index contributed by atoms with van der Waals surface area (Å²) in [6, 6.07) is 18.9. The van der Waals surface area contributed by atoms with Gasteiger partial charge in [-0.15, -0.1) is 0 Å². The molecule has 0 bridgehead atoms. The van der Waals surface area contributed by atoms with Crippen LogP contribution in [0.15, 0.2) is 71.8 Å². The minimum absolute atomic E-state index is 0.262. The molecule has 3 aromatic carbocycles. The first-order chi connectivity index (χ1) is 15.4. The first-order valence-electron chi connectivity index (χ1n) is 9.40. The van der Waals surface area contributed by atoms with E-state index in [4.69, 9.17) is 32.7 Å². The van der Waals surface area contributed by atoms with Crippen molar-refractivity contribution in [1.29, 1.82) is 0 Å². The van der Waals surface area contributed by atoms with Crippen LogP contribution in [0.25, 0.3) is 0 Å². The molecule has 0 aliphatic heterocycles. The molecule has 0 radical (unpaired) electrons. The van der Waals surface area contributed by atoms with Gasteiger partial charge in [0, 0.05) is 27.4 Å². The number of ether oxygens (including phenoxy) is 2. The van der Waals surface area contributed by atoms with E-state index in [1.54, 1.807) is 66.7 Å². The van der Waals surface area contributed by atoms with E-state index in [1.807, 2.05) is 0 Å². The summed E-state index contributed by atoms with van der Waals surface area (Å²) in [7, 11) is 1.51. The quantitative estimate of drug-likeness (QED) is 0.297. The van der Waals surface area contributed by atoms with Gasteiger partial charge >= 0.3 is 11.8 Å². The molecule has 7 nitrogen and oxygen atoms in total. The summed E-state index contributed by atoms with van der Waals surface area (Å²) in [4.78, 5) is 24.0. The number of carbonyl (C=O) groups is 2. The second-order valence-corrected chi connectivity index (χ2v) is 7.33. The predicted molar refractivity (Wildman–Crippen MR) is 125 cm³/mol. The molecule has 0 aliphatic rings. The molecule has 3 aromatic rings. The number of hydrazone groups is 1. The summed E-state index contributed by atoms with van der Waals surface area (Å²) >= 11 is 12.1. The van der Waals surface area contributed by atoms with Gasteiger partial charge in [-0.05, 0) is 42.0 Å². The Labute approximate surface area is 194 Å². The van der Waals surface area contributed by atoms with Crippen LogP contribution in [0.3, 0.4) is 0 Å². The van der Waals surface area contributed by atoms with Crippen molar-refractivity contribution in [2.45, 2.75) is 6.61 Å². The normalized spacial score (nSPS) is 10.6. The Balaban J connectivity index is 1.53. The molecule has 0 saturated carbocycles. The summed E-state index contributed by atoms with van der Waals surface area (Å²) in [6.45, 7) is 0.262. The number of hydrogen-bond donors (Lipinski definition) is 2. The summed E-state index contributed by atoms with van der Waals surface area (Å²) in [5.41, 5.74) is 4.08. The molecule has 2 amide bonds. The van der Waals surface area contributed by atoms with Crippen LogP contribution in [0.2, 0.25) is 10.0 Å². The lowest BCUT2D eigenvalue weighted by molar-refractivity contribution is -0.136. The third-order valence-corrected chi connectivity index (χ3v) is 4.77. The standard InChI is InChI=1S/C23H19Cl2N3O4/c1-31-19-6-3-5-18(12-19)27-22(29)23(30)28-26-13-15-4-2-7-20(10-15)32-14-16-8-9-17(24)11-21(16)25/h2-13H,14H2,1H3,(H,27,29)(H,28,30)/b26-13-. The van der Waals surface area contributed by atoms with Crippen LogP contribution in [0.5, 0.6) is 11.5 Å². The maximum absolute atomic E-state index is 12.0. The Morgan fingerprint density at radius 3 is 2.53 bits per heavy atom. The van der Waals surface area contributed by atoms with E-state index in [2.05, 4.69) is 15.8 Å². The first kappa shape index (κ1) is 23.1. The SMILES string of the molecule is COc1cccc(NC(=O)C(=O)N/N=C\c2cccc(OCc3ccc(Cl)cc3Cl)c2)c1. The fraction of sp³-hybridized carbons (Fsp3) is 0.0870. The average molecular weight is 472 g/mol. The van der Waals surface area contributed by atoms with Crippen molar-refractivity contribution >= 4 is 46.9 Å². The van der Waals surface area contributed by atoms with E-state index in [-0.39, 0.29) is 6.61 Å². The topological polar surface area (TPSA) is 89.0 Å². The monoisotopic (exact) mass is 471 g/mol. The summed E-state index contributed by atoms with van der Waals surface area (Å²) < 4.78 is 10.8. The van der Waals surface area contributed by atoms with E-state index in [0.29, 0.717) is 32.8 Å².